The molecular weight excluding hydrogens is 538 g/mol. The van der Waals surface area contributed by atoms with Crippen LogP contribution >= 0.6 is 0 Å². The van der Waals surface area contributed by atoms with E-state index in [2.05, 4.69) is 12.2 Å². The fraction of sp³-hybridized carbons (Fsp3) is 0.909. The second-order valence-corrected chi connectivity index (χ2v) is 11.9. The summed E-state index contributed by atoms with van der Waals surface area (Å²) >= 11 is 0. The Kier molecular flexibility index (Phi) is 23.4. The van der Waals surface area contributed by atoms with E-state index < -0.39 is 49.5 Å². The summed E-state index contributed by atoms with van der Waals surface area (Å²) in [5, 5.41) is 52.8. The molecule has 0 saturated carbocycles. The zero-order valence-electron chi connectivity index (χ0n) is 26.5. The Balaban J connectivity index is 2.17. The minimum absolute atomic E-state index is 0.195. The van der Waals surface area contributed by atoms with Gasteiger partial charge in [0.1, 0.15) is 24.4 Å². The predicted octanol–water partition coefficient (Wildman–Crippen LogP) is 4.66. The van der Waals surface area contributed by atoms with E-state index in [4.69, 9.17) is 9.47 Å². The molecule has 9 heteroatoms. The number of hydrogen-bond donors (Lipinski definition) is 6. The number of carbonyl (C=O) groups is 1. The van der Waals surface area contributed by atoms with Crippen molar-refractivity contribution in [1.29, 1.82) is 0 Å². The monoisotopic (exact) mass is 601 g/mol. The van der Waals surface area contributed by atoms with Gasteiger partial charge in [0.05, 0.1) is 25.4 Å². The van der Waals surface area contributed by atoms with E-state index in [9.17, 15) is 30.3 Å². The molecule has 7 atom stereocenters. The third kappa shape index (κ3) is 17.3. The highest BCUT2D eigenvalue weighted by atomic mass is 16.7. The number of aliphatic hydroxyl groups is 5. The van der Waals surface area contributed by atoms with E-state index in [1.54, 1.807) is 13.0 Å². The predicted molar refractivity (Wildman–Crippen MR) is 166 cm³/mol. The molecule has 0 bridgehead atoms. The lowest BCUT2D eigenvalue weighted by molar-refractivity contribution is -0.302. The Labute approximate surface area is 255 Å². The van der Waals surface area contributed by atoms with E-state index in [-0.39, 0.29) is 18.9 Å². The highest BCUT2D eigenvalue weighted by Gasteiger charge is 2.44. The van der Waals surface area contributed by atoms with Crippen molar-refractivity contribution in [3.8, 4) is 0 Å². The van der Waals surface area contributed by atoms with Crippen LogP contribution in [0.5, 0.6) is 0 Å². The number of aliphatic hydroxyl groups excluding tert-OH is 5. The number of unbranched alkanes of at least 4 members (excludes halogenated alkanes) is 17. The SMILES string of the molecule is CCCCCCCCCCCCCCCCCCC/C=C/C(O)C(COC1OC(CO)C(O)C(O)C1O)NC(=O)CC. The van der Waals surface area contributed by atoms with Crippen molar-refractivity contribution < 1.29 is 39.8 Å². The maximum absolute atomic E-state index is 12.0. The second kappa shape index (κ2) is 25.3. The molecule has 6 N–H and O–H groups in total. The first-order chi connectivity index (χ1) is 20.3. The summed E-state index contributed by atoms with van der Waals surface area (Å²) in [6, 6.07) is -0.795. The highest BCUT2D eigenvalue weighted by Crippen LogP contribution is 2.22. The molecule has 0 aliphatic carbocycles. The Morgan fingerprint density at radius 3 is 1.76 bits per heavy atom. The maximum atomic E-state index is 12.0. The zero-order valence-corrected chi connectivity index (χ0v) is 26.5. The van der Waals surface area contributed by atoms with E-state index >= 15 is 0 Å². The summed E-state index contributed by atoms with van der Waals surface area (Å²) in [5.41, 5.74) is 0. The van der Waals surface area contributed by atoms with Gasteiger partial charge in [-0.05, 0) is 12.8 Å². The zero-order chi connectivity index (χ0) is 31.0. The third-order valence-electron chi connectivity index (χ3n) is 8.18. The number of hydrogen-bond acceptors (Lipinski definition) is 8. The van der Waals surface area contributed by atoms with Gasteiger partial charge < -0.3 is 40.3 Å². The summed E-state index contributed by atoms with van der Waals surface area (Å²) in [6.45, 7) is 3.21. The molecule has 1 aliphatic heterocycles. The first kappa shape index (κ1) is 39.0. The van der Waals surface area contributed by atoms with Crippen molar-refractivity contribution in [1.82, 2.24) is 5.32 Å². The lowest BCUT2D eigenvalue weighted by Gasteiger charge is -2.40. The molecule has 0 aromatic carbocycles. The van der Waals surface area contributed by atoms with Gasteiger partial charge in [-0.1, -0.05) is 129 Å². The van der Waals surface area contributed by atoms with Gasteiger partial charge in [0.25, 0.3) is 0 Å². The van der Waals surface area contributed by atoms with Gasteiger partial charge in [0, 0.05) is 6.42 Å². The number of amides is 1. The van der Waals surface area contributed by atoms with Crippen LogP contribution in [0.25, 0.3) is 0 Å². The Hall–Kier alpha value is -1.07. The van der Waals surface area contributed by atoms with Gasteiger partial charge in [0.2, 0.25) is 5.91 Å². The van der Waals surface area contributed by atoms with E-state index in [1.807, 2.05) is 6.08 Å². The van der Waals surface area contributed by atoms with Gasteiger partial charge >= 0.3 is 0 Å². The van der Waals surface area contributed by atoms with Crippen molar-refractivity contribution in [2.45, 2.75) is 179 Å². The summed E-state index contributed by atoms with van der Waals surface area (Å²) in [5.74, 6) is -0.266. The Morgan fingerprint density at radius 1 is 0.786 bits per heavy atom. The lowest BCUT2D eigenvalue weighted by atomic mass is 9.99. The van der Waals surface area contributed by atoms with Crippen molar-refractivity contribution in [3.05, 3.63) is 12.2 Å². The van der Waals surface area contributed by atoms with Crippen LogP contribution in [0.15, 0.2) is 12.2 Å². The number of nitrogens with one attached hydrogen (secondary N) is 1. The van der Waals surface area contributed by atoms with Gasteiger partial charge in [0.15, 0.2) is 6.29 Å². The van der Waals surface area contributed by atoms with Crippen LogP contribution in [0.1, 0.15) is 136 Å². The molecule has 1 heterocycles. The van der Waals surface area contributed by atoms with Crippen LogP contribution in [0, 0.1) is 0 Å². The Morgan fingerprint density at radius 2 is 1.29 bits per heavy atom. The standard InChI is InChI=1S/C33H63NO8/c1-3-5-6-7-8-9-10-11-12-13-14-15-16-17-18-19-20-21-22-23-27(36)26(34-29(37)4-2)25-41-33-32(40)31(39)30(38)28(24-35)42-33/h22-23,26-28,30-33,35-36,38-40H,3-21,24-25H2,1-2H3,(H,34,37)/b23-22+. The largest absolute Gasteiger partial charge is 0.394 e. The molecule has 0 aromatic heterocycles. The van der Waals surface area contributed by atoms with Crippen LogP contribution in [0.3, 0.4) is 0 Å². The summed E-state index contributed by atoms with van der Waals surface area (Å²) < 4.78 is 10.9. The van der Waals surface area contributed by atoms with Gasteiger partial charge in [-0.3, -0.25) is 4.79 Å². The maximum Gasteiger partial charge on any atom is 0.220 e. The summed E-state index contributed by atoms with van der Waals surface area (Å²) in [7, 11) is 0. The average Bonchev–Trinajstić information content (AvgIpc) is 2.99. The van der Waals surface area contributed by atoms with Gasteiger partial charge in [-0.15, -0.1) is 0 Å². The number of ether oxygens (including phenoxy) is 2. The molecule has 1 saturated heterocycles. The fourth-order valence-corrected chi connectivity index (χ4v) is 5.29. The van der Waals surface area contributed by atoms with Crippen molar-refractivity contribution >= 4 is 5.91 Å². The molecule has 0 radical (unpaired) electrons. The van der Waals surface area contributed by atoms with Crippen LogP contribution in [-0.2, 0) is 14.3 Å². The molecule has 7 unspecified atom stereocenters. The van der Waals surface area contributed by atoms with E-state index in [0.29, 0.717) is 0 Å². The number of carbonyl (C=O) groups excluding carboxylic acids is 1. The molecule has 1 aliphatic rings. The molecule has 42 heavy (non-hydrogen) atoms. The van der Waals surface area contributed by atoms with Crippen LogP contribution in [0.2, 0.25) is 0 Å². The summed E-state index contributed by atoms with van der Waals surface area (Å²) in [6.07, 6.45) is 19.2. The molecule has 248 valence electrons. The topological polar surface area (TPSA) is 149 Å². The molecule has 1 fully saturated rings. The Bertz CT molecular complexity index is 676. The van der Waals surface area contributed by atoms with Crippen molar-refractivity contribution in [2.24, 2.45) is 0 Å². The first-order valence-electron chi connectivity index (χ1n) is 16.9. The lowest BCUT2D eigenvalue weighted by Crippen LogP contribution is -2.60. The molecule has 0 aromatic rings. The van der Waals surface area contributed by atoms with Gasteiger partial charge in [-0.25, -0.2) is 0 Å². The minimum atomic E-state index is -1.56. The van der Waals surface area contributed by atoms with Crippen molar-refractivity contribution in [2.75, 3.05) is 13.2 Å². The molecule has 1 rings (SSSR count). The smallest absolute Gasteiger partial charge is 0.220 e. The summed E-state index contributed by atoms with van der Waals surface area (Å²) in [4.78, 5) is 12.0. The minimum Gasteiger partial charge on any atom is -0.394 e. The van der Waals surface area contributed by atoms with Crippen molar-refractivity contribution in [3.63, 3.8) is 0 Å². The van der Waals surface area contributed by atoms with Crippen LogP contribution in [-0.4, -0.2) is 87.5 Å². The third-order valence-corrected chi connectivity index (χ3v) is 8.18. The van der Waals surface area contributed by atoms with Crippen LogP contribution in [0.4, 0.5) is 0 Å². The van der Waals surface area contributed by atoms with E-state index in [1.165, 1.54) is 96.3 Å². The molecular formula is C33H63NO8. The number of allylic oxidation sites excluding steroid dienone is 1. The first-order valence-corrected chi connectivity index (χ1v) is 16.9. The fourth-order valence-electron chi connectivity index (χ4n) is 5.29. The molecule has 1 amide bonds. The quantitative estimate of drug-likeness (QED) is 0.0620. The van der Waals surface area contributed by atoms with Gasteiger partial charge in [-0.2, -0.15) is 0 Å². The number of rotatable bonds is 26. The van der Waals surface area contributed by atoms with E-state index in [0.717, 1.165) is 19.3 Å². The normalized spacial score (nSPS) is 24.2. The molecule has 0 spiro atoms. The highest BCUT2D eigenvalue weighted by molar-refractivity contribution is 5.75. The average molecular weight is 602 g/mol. The van der Waals surface area contributed by atoms with Crippen LogP contribution < -0.4 is 5.32 Å². The molecule has 9 nitrogen and oxygen atoms in total. The second-order valence-electron chi connectivity index (χ2n) is 11.9.